The van der Waals surface area contributed by atoms with Gasteiger partial charge < -0.3 is 5.11 Å². The normalized spacial score (nSPS) is 45.5. The van der Waals surface area contributed by atoms with Crippen molar-refractivity contribution in [1.82, 2.24) is 0 Å². The minimum absolute atomic E-state index is 0.299. The van der Waals surface area contributed by atoms with E-state index in [-0.39, 0.29) is 0 Å². The summed E-state index contributed by atoms with van der Waals surface area (Å²) in [7, 11) is 0. The average molecular weight is 347 g/mol. The summed E-state index contributed by atoms with van der Waals surface area (Å²) in [6, 6.07) is 0. The van der Waals surface area contributed by atoms with Crippen molar-refractivity contribution in [2.75, 3.05) is 6.61 Å². The lowest BCUT2D eigenvalue weighted by Gasteiger charge is -2.58. The number of hydrogen-bond acceptors (Lipinski definition) is 2. The molecule has 2 heteroatoms. The highest BCUT2D eigenvalue weighted by molar-refractivity contribution is 5.91. The standard InChI is InChI=1S/C21H32O2.C2H6/c1-20-11-8-19-17(18(20)6-4-14(20)9-12-22)5-3-15-13-16(23)7-10-21(15,19)2;1-2/h13-14,17-19,22H,3-12H2,1-2H3;1-2H3. The summed E-state index contributed by atoms with van der Waals surface area (Å²) in [6.45, 7) is 9.35. The van der Waals surface area contributed by atoms with E-state index in [0.29, 0.717) is 23.2 Å². The molecule has 4 aliphatic rings. The Morgan fingerprint density at radius 3 is 2.52 bits per heavy atom. The third-order valence-electron chi connectivity index (χ3n) is 8.64. The van der Waals surface area contributed by atoms with Crippen molar-refractivity contribution in [3.8, 4) is 0 Å². The number of allylic oxidation sites excluding steroid dienone is 1. The van der Waals surface area contributed by atoms with Crippen molar-refractivity contribution in [1.29, 1.82) is 0 Å². The van der Waals surface area contributed by atoms with E-state index in [1.54, 1.807) is 0 Å². The van der Waals surface area contributed by atoms with Crippen LogP contribution < -0.4 is 0 Å². The lowest BCUT2D eigenvalue weighted by atomic mass is 9.47. The Labute approximate surface area is 154 Å². The van der Waals surface area contributed by atoms with Crippen LogP contribution in [0.2, 0.25) is 0 Å². The smallest absolute Gasteiger partial charge is 0.155 e. The van der Waals surface area contributed by atoms with E-state index in [1.807, 2.05) is 19.9 Å². The second-order valence-electron chi connectivity index (χ2n) is 9.30. The van der Waals surface area contributed by atoms with Gasteiger partial charge in [0.1, 0.15) is 0 Å². The molecular formula is C23H38O2. The van der Waals surface area contributed by atoms with Gasteiger partial charge in [-0.05, 0) is 91.9 Å². The molecular weight excluding hydrogens is 308 g/mol. The third kappa shape index (κ3) is 2.93. The third-order valence-corrected chi connectivity index (χ3v) is 8.64. The molecule has 3 fully saturated rings. The highest BCUT2D eigenvalue weighted by Crippen LogP contribution is 2.66. The van der Waals surface area contributed by atoms with Crippen molar-refractivity contribution in [2.45, 2.75) is 85.5 Å². The number of carbonyl (C=O) groups is 1. The quantitative estimate of drug-likeness (QED) is 0.712. The first-order valence-electron chi connectivity index (χ1n) is 10.8. The molecule has 3 saturated carbocycles. The summed E-state index contributed by atoms with van der Waals surface area (Å²) in [4.78, 5) is 11.9. The number of aliphatic hydroxyl groups is 1. The van der Waals surface area contributed by atoms with Gasteiger partial charge in [0.2, 0.25) is 0 Å². The van der Waals surface area contributed by atoms with Crippen molar-refractivity contribution < 1.29 is 9.90 Å². The van der Waals surface area contributed by atoms with Gasteiger partial charge in [-0.2, -0.15) is 0 Å². The molecule has 0 spiro atoms. The zero-order valence-electron chi connectivity index (χ0n) is 16.8. The fraction of sp³-hybridized carbons (Fsp3) is 0.870. The van der Waals surface area contributed by atoms with Gasteiger partial charge in [0.05, 0.1) is 0 Å². The van der Waals surface area contributed by atoms with E-state index < -0.39 is 0 Å². The Kier molecular flexibility index (Phi) is 5.49. The Hall–Kier alpha value is -0.630. The van der Waals surface area contributed by atoms with E-state index in [1.165, 1.54) is 37.7 Å². The molecule has 0 aliphatic heterocycles. The Balaban J connectivity index is 0.000000880. The highest BCUT2D eigenvalue weighted by Gasteiger charge is 2.58. The molecule has 0 saturated heterocycles. The number of hydrogen-bond donors (Lipinski definition) is 1. The maximum atomic E-state index is 11.9. The van der Waals surface area contributed by atoms with Crippen LogP contribution in [0.4, 0.5) is 0 Å². The molecule has 0 aromatic rings. The molecule has 4 rings (SSSR count). The van der Waals surface area contributed by atoms with Gasteiger partial charge in [0.15, 0.2) is 5.78 Å². The fourth-order valence-electron chi connectivity index (χ4n) is 7.30. The molecule has 0 aromatic heterocycles. The van der Waals surface area contributed by atoms with Gasteiger partial charge in [-0.15, -0.1) is 0 Å². The predicted molar refractivity (Wildman–Crippen MR) is 103 cm³/mol. The van der Waals surface area contributed by atoms with Gasteiger partial charge in [-0.1, -0.05) is 33.3 Å². The van der Waals surface area contributed by atoms with Gasteiger partial charge in [0, 0.05) is 13.0 Å². The summed E-state index contributed by atoms with van der Waals surface area (Å²) < 4.78 is 0. The number of rotatable bonds is 2. The van der Waals surface area contributed by atoms with Crippen molar-refractivity contribution in [2.24, 2.45) is 34.5 Å². The minimum atomic E-state index is 0.299. The molecule has 25 heavy (non-hydrogen) atoms. The maximum Gasteiger partial charge on any atom is 0.155 e. The molecule has 0 radical (unpaired) electrons. The van der Waals surface area contributed by atoms with E-state index in [2.05, 4.69) is 13.8 Å². The van der Waals surface area contributed by atoms with Gasteiger partial charge in [0.25, 0.3) is 0 Å². The highest BCUT2D eigenvalue weighted by atomic mass is 16.3. The number of ketones is 1. The Bertz CT molecular complexity index is 536. The number of fused-ring (bicyclic) bond motifs is 5. The molecule has 1 N–H and O–H groups in total. The molecule has 0 bridgehead atoms. The van der Waals surface area contributed by atoms with Crippen LogP contribution in [-0.2, 0) is 4.79 Å². The zero-order chi connectivity index (χ0) is 18.2. The summed E-state index contributed by atoms with van der Waals surface area (Å²) in [5.41, 5.74) is 2.24. The summed E-state index contributed by atoms with van der Waals surface area (Å²) in [6.07, 6.45) is 12.7. The van der Waals surface area contributed by atoms with E-state index in [4.69, 9.17) is 0 Å². The average Bonchev–Trinajstić information content (AvgIpc) is 2.94. The molecule has 4 aliphatic carbocycles. The molecule has 6 unspecified atom stereocenters. The first kappa shape index (κ1) is 19.1. The van der Waals surface area contributed by atoms with E-state index in [0.717, 1.165) is 49.4 Å². The van der Waals surface area contributed by atoms with Crippen LogP contribution in [0.5, 0.6) is 0 Å². The summed E-state index contributed by atoms with van der Waals surface area (Å²) >= 11 is 0. The second-order valence-corrected chi connectivity index (χ2v) is 9.30. The van der Waals surface area contributed by atoms with Crippen LogP contribution in [0.3, 0.4) is 0 Å². The Morgan fingerprint density at radius 1 is 1.04 bits per heavy atom. The van der Waals surface area contributed by atoms with Crippen LogP contribution in [0, 0.1) is 34.5 Å². The van der Waals surface area contributed by atoms with Crippen LogP contribution in [-0.4, -0.2) is 17.5 Å². The van der Waals surface area contributed by atoms with Crippen molar-refractivity contribution in [3.05, 3.63) is 11.6 Å². The van der Waals surface area contributed by atoms with E-state index in [9.17, 15) is 9.90 Å². The molecule has 2 nitrogen and oxygen atoms in total. The first-order chi connectivity index (χ1) is 12.0. The molecule has 0 aromatic carbocycles. The molecule has 0 amide bonds. The van der Waals surface area contributed by atoms with Crippen molar-refractivity contribution in [3.63, 3.8) is 0 Å². The van der Waals surface area contributed by atoms with Crippen LogP contribution in [0.25, 0.3) is 0 Å². The van der Waals surface area contributed by atoms with Crippen molar-refractivity contribution >= 4 is 5.78 Å². The number of carbonyl (C=O) groups excluding carboxylic acids is 1. The Morgan fingerprint density at radius 2 is 1.80 bits per heavy atom. The van der Waals surface area contributed by atoms with Gasteiger partial charge in [-0.3, -0.25) is 4.79 Å². The monoisotopic (exact) mass is 346 g/mol. The topological polar surface area (TPSA) is 37.3 Å². The van der Waals surface area contributed by atoms with Crippen LogP contribution in [0.15, 0.2) is 11.6 Å². The largest absolute Gasteiger partial charge is 0.396 e. The maximum absolute atomic E-state index is 11.9. The lowest BCUT2D eigenvalue weighted by molar-refractivity contribution is -0.117. The fourth-order valence-corrected chi connectivity index (χ4v) is 7.30. The molecule has 142 valence electrons. The first-order valence-corrected chi connectivity index (χ1v) is 10.8. The summed E-state index contributed by atoms with van der Waals surface area (Å²) in [5, 5.41) is 9.44. The lowest BCUT2D eigenvalue weighted by Crippen LogP contribution is -2.50. The molecule has 0 heterocycles. The molecule has 6 atom stereocenters. The zero-order valence-corrected chi connectivity index (χ0v) is 16.8. The van der Waals surface area contributed by atoms with Gasteiger partial charge in [-0.25, -0.2) is 0 Å². The number of aliphatic hydroxyl groups excluding tert-OH is 1. The minimum Gasteiger partial charge on any atom is -0.396 e. The SMILES string of the molecule is CC.CC12CCC(=O)C=C1CCC1C2CCC2(C)C(CCO)CCC12. The van der Waals surface area contributed by atoms with Crippen LogP contribution in [0.1, 0.15) is 85.5 Å². The van der Waals surface area contributed by atoms with Crippen LogP contribution >= 0.6 is 0 Å². The van der Waals surface area contributed by atoms with Gasteiger partial charge >= 0.3 is 0 Å². The predicted octanol–water partition coefficient (Wildman–Crippen LogP) is 5.54. The van der Waals surface area contributed by atoms with E-state index >= 15 is 0 Å². The second kappa shape index (κ2) is 7.18. The summed E-state index contributed by atoms with van der Waals surface area (Å²) in [5.74, 6) is 3.60.